The molecule has 0 atom stereocenters. The van der Waals surface area contributed by atoms with Crippen molar-refractivity contribution in [1.82, 2.24) is 4.90 Å². The van der Waals surface area contributed by atoms with Crippen molar-refractivity contribution in [2.45, 2.75) is 25.7 Å². The number of allylic oxidation sites excluding steroid dienone is 2. The first-order valence-electron chi connectivity index (χ1n) is 6.93. The van der Waals surface area contributed by atoms with Crippen LogP contribution >= 0.6 is 0 Å². The van der Waals surface area contributed by atoms with E-state index in [1.165, 1.54) is 55.8 Å². The molecule has 0 amide bonds. The van der Waals surface area contributed by atoms with Gasteiger partial charge in [-0.3, -0.25) is 0 Å². The molecule has 1 aromatic rings. The summed E-state index contributed by atoms with van der Waals surface area (Å²) in [6, 6.07) is 8.47. The van der Waals surface area contributed by atoms with Crippen LogP contribution in [-0.2, 0) is 0 Å². The van der Waals surface area contributed by atoms with Gasteiger partial charge in [-0.1, -0.05) is 43.2 Å². The van der Waals surface area contributed by atoms with Crippen LogP contribution in [0.4, 0.5) is 5.69 Å². The number of benzene rings is 1. The zero-order chi connectivity index (χ0) is 12.2. The summed E-state index contributed by atoms with van der Waals surface area (Å²) in [4.78, 5) is 2.49. The van der Waals surface area contributed by atoms with Gasteiger partial charge in [0.05, 0.1) is 0 Å². The van der Waals surface area contributed by atoms with Crippen LogP contribution < -0.4 is 5.32 Å². The topological polar surface area (TPSA) is 15.3 Å². The Balaban J connectivity index is 1.82. The second kappa shape index (κ2) is 5.30. The highest BCUT2D eigenvalue weighted by Gasteiger charge is 2.13. The molecule has 0 saturated carbocycles. The van der Waals surface area contributed by atoms with Crippen LogP contribution in [0.25, 0.3) is 6.08 Å². The van der Waals surface area contributed by atoms with Crippen molar-refractivity contribution in [3.63, 3.8) is 0 Å². The van der Waals surface area contributed by atoms with E-state index in [1.54, 1.807) is 0 Å². The van der Waals surface area contributed by atoms with E-state index in [0.717, 1.165) is 0 Å². The van der Waals surface area contributed by atoms with Gasteiger partial charge < -0.3 is 10.2 Å². The third kappa shape index (κ3) is 2.42. The molecule has 1 aromatic carbocycles. The van der Waals surface area contributed by atoms with Crippen LogP contribution in [0.2, 0.25) is 0 Å². The summed E-state index contributed by atoms with van der Waals surface area (Å²) in [7, 11) is 0. The van der Waals surface area contributed by atoms with Gasteiger partial charge in [-0.25, -0.2) is 0 Å². The van der Waals surface area contributed by atoms with Gasteiger partial charge in [0.2, 0.25) is 0 Å². The summed E-state index contributed by atoms with van der Waals surface area (Å²) in [5.41, 5.74) is 2.47. The molecule has 0 bridgehead atoms. The van der Waals surface area contributed by atoms with Crippen molar-refractivity contribution in [2.24, 2.45) is 0 Å². The van der Waals surface area contributed by atoms with Crippen molar-refractivity contribution in [3.05, 3.63) is 47.8 Å². The molecule has 2 heteroatoms. The van der Waals surface area contributed by atoms with Crippen LogP contribution in [0.1, 0.15) is 31.2 Å². The Morgan fingerprint density at radius 3 is 2.56 bits per heavy atom. The average Bonchev–Trinajstić information content (AvgIpc) is 2.79. The average molecular weight is 240 g/mol. The van der Waals surface area contributed by atoms with Crippen LogP contribution in [0, 0.1) is 0 Å². The molecule has 0 radical (unpaired) electrons. The van der Waals surface area contributed by atoms with Crippen molar-refractivity contribution in [1.29, 1.82) is 0 Å². The number of nitrogens with zero attached hydrogens (tertiary/aromatic N) is 1. The van der Waals surface area contributed by atoms with Gasteiger partial charge in [-0.15, -0.1) is 0 Å². The molecule has 0 aromatic heterocycles. The molecule has 0 aliphatic carbocycles. The molecule has 2 aliphatic rings. The smallest absolute Gasteiger partial charge is 0.106 e. The molecule has 2 aliphatic heterocycles. The number of nitrogens with one attached hydrogen (secondary N) is 1. The lowest BCUT2D eigenvalue weighted by atomic mass is 10.2. The molecule has 2 nitrogen and oxygen atoms in total. The molecule has 2 heterocycles. The second-order valence-corrected chi connectivity index (χ2v) is 5.02. The Labute approximate surface area is 109 Å². The van der Waals surface area contributed by atoms with E-state index < -0.39 is 0 Å². The SMILES string of the molecule is C1=Cc2ccccc2NC(N2CCCCCC2)=C1. The fourth-order valence-electron chi connectivity index (χ4n) is 2.67. The lowest BCUT2D eigenvalue weighted by molar-refractivity contribution is 0.362. The molecule has 3 rings (SSSR count). The monoisotopic (exact) mass is 240 g/mol. The van der Waals surface area contributed by atoms with E-state index in [0.29, 0.717) is 0 Å². The van der Waals surface area contributed by atoms with Crippen LogP contribution in [0.15, 0.2) is 42.2 Å². The van der Waals surface area contributed by atoms with Crippen molar-refractivity contribution in [3.8, 4) is 0 Å². The highest BCUT2D eigenvalue weighted by molar-refractivity contribution is 5.70. The predicted octanol–water partition coefficient (Wildman–Crippen LogP) is 3.84. The Kier molecular flexibility index (Phi) is 3.35. The minimum absolute atomic E-state index is 1.18. The molecule has 18 heavy (non-hydrogen) atoms. The molecule has 94 valence electrons. The molecule has 1 fully saturated rings. The fourth-order valence-corrected chi connectivity index (χ4v) is 2.67. The predicted molar refractivity (Wildman–Crippen MR) is 77.2 cm³/mol. The first-order chi connectivity index (χ1) is 8.93. The first-order valence-corrected chi connectivity index (χ1v) is 6.93. The summed E-state index contributed by atoms with van der Waals surface area (Å²) >= 11 is 0. The van der Waals surface area contributed by atoms with E-state index in [9.17, 15) is 0 Å². The van der Waals surface area contributed by atoms with E-state index in [1.807, 2.05) is 0 Å². The largest absolute Gasteiger partial charge is 0.358 e. The van der Waals surface area contributed by atoms with Gasteiger partial charge in [0, 0.05) is 18.8 Å². The number of hydrogen-bond acceptors (Lipinski definition) is 2. The number of anilines is 1. The van der Waals surface area contributed by atoms with Crippen LogP contribution in [-0.4, -0.2) is 18.0 Å². The highest BCUT2D eigenvalue weighted by Crippen LogP contribution is 2.24. The van der Waals surface area contributed by atoms with Crippen LogP contribution in [0.3, 0.4) is 0 Å². The van der Waals surface area contributed by atoms with Gasteiger partial charge in [0.25, 0.3) is 0 Å². The molecule has 0 unspecified atom stereocenters. The Hall–Kier alpha value is -1.70. The van der Waals surface area contributed by atoms with E-state index in [4.69, 9.17) is 0 Å². The third-order valence-corrected chi connectivity index (χ3v) is 3.70. The van der Waals surface area contributed by atoms with Gasteiger partial charge in [0.1, 0.15) is 5.82 Å². The standard InChI is InChI=1S/C16H20N2/c1-2-6-13-18(12-5-1)16-11-7-9-14-8-3-4-10-15(14)17-16/h3-4,7-11,17H,1-2,5-6,12-13H2. The number of para-hydroxylation sites is 1. The minimum atomic E-state index is 1.18. The summed E-state index contributed by atoms with van der Waals surface area (Å²) in [6.07, 6.45) is 11.9. The lowest BCUT2D eigenvalue weighted by Crippen LogP contribution is -2.28. The zero-order valence-corrected chi connectivity index (χ0v) is 10.7. The van der Waals surface area contributed by atoms with Gasteiger partial charge in [-0.05, 0) is 30.5 Å². The molecule has 1 saturated heterocycles. The Bertz CT molecular complexity index is 466. The fraction of sp³-hybridized carbons (Fsp3) is 0.375. The summed E-state index contributed by atoms with van der Waals surface area (Å²) < 4.78 is 0. The molecular weight excluding hydrogens is 220 g/mol. The summed E-state index contributed by atoms with van der Waals surface area (Å²) in [5.74, 6) is 1.25. The zero-order valence-electron chi connectivity index (χ0n) is 10.7. The number of fused-ring (bicyclic) bond motifs is 1. The maximum atomic E-state index is 3.58. The van der Waals surface area contributed by atoms with Gasteiger partial charge in [0.15, 0.2) is 0 Å². The molecule has 0 spiro atoms. The van der Waals surface area contributed by atoms with Crippen molar-refractivity contribution >= 4 is 11.8 Å². The van der Waals surface area contributed by atoms with E-state index >= 15 is 0 Å². The molecule has 1 N–H and O–H groups in total. The maximum absolute atomic E-state index is 3.58. The highest BCUT2D eigenvalue weighted by atomic mass is 15.2. The summed E-state index contributed by atoms with van der Waals surface area (Å²) in [5, 5.41) is 3.58. The second-order valence-electron chi connectivity index (χ2n) is 5.02. The number of rotatable bonds is 1. The Morgan fingerprint density at radius 2 is 1.72 bits per heavy atom. The maximum Gasteiger partial charge on any atom is 0.106 e. The van der Waals surface area contributed by atoms with Gasteiger partial charge in [-0.2, -0.15) is 0 Å². The number of hydrogen-bond donors (Lipinski definition) is 1. The lowest BCUT2D eigenvalue weighted by Gasteiger charge is -2.26. The van der Waals surface area contributed by atoms with Crippen LogP contribution in [0.5, 0.6) is 0 Å². The van der Waals surface area contributed by atoms with E-state index in [2.05, 4.69) is 52.7 Å². The number of likely N-dealkylation sites (tertiary alicyclic amines) is 1. The van der Waals surface area contributed by atoms with Gasteiger partial charge >= 0.3 is 0 Å². The van der Waals surface area contributed by atoms with Crippen molar-refractivity contribution < 1.29 is 0 Å². The Morgan fingerprint density at radius 1 is 0.944 bits per heavy atom. The van der Waals surface area contributed by atoms with Crippen molar-refractivity contribution in [2.75, 3.05) is 18.4 Å². The third-order valence-electron chi connectivity index (χ3n) is 3.70. The normalized spacial score (nSPS) is 19.3. The summed E-state index contributed by atoms with van der Waals surface area (Å²) in [6.45, 7) is 2.35. The minimum Gasteiger partial charge on any atom is -0.358 e. The first kappa shape index (κ1) is 11.4. The molecular formula is C16H20N2. The quantitative estimate of drug-likeness (QED) is 0.802. The van der Waals surface area contributed by atoms with E-state index in [-0.39, 0.29) is 0 Å².